The van der Waals surface area contributed by atoms with Gasteiger partial charge in [-0.1, -0.05) is 25.0 Å². The molecule has 1 aliphatic rings. The van der Waals surface area contributed by atoms with Gasteiger partial charge in [0.15, 0.2) is 9.84 Å². The van der Waals surface area contributed by atoms with Crippen molar-refractivity contribution in [3.05, 3.63) is 29.8 Å². The molecule has 4 heteroatoms. The Hall–Kier alpha value is -0.870. The Bertz CT molecular complexity index is 461. The van der Waals surface area contributed by atoms with E-state index in [1.807, 2.05) is 12.1 Å². The summed E-state index contributed by atoms with van der Waals surface area (Å²) >= 11 is 0. The third-order valence-corrected chi connectivity index (χ3v) is 4.24. The first-order chi connectivity index (χ1) is 8.05. The first kappa shape index (κ1) is 12.6. The van der Waals surface area contributed by atoms with Crippen molar-refractivity contribution in [3.63, 3.8) is 0 Å². The van der Waals surface area contributed by atoms with Crippen molar-refractivity contribution in [2.45, 2.75) is 30.7 Å². The van der Waals surface area contributed by atoms with Crippen LogP contribution in [0.25, 0.3) is 0 Å². The van der Waals surface area contributed by atoms with Crippen molar-refractivity contribution >= 4 is 9.84 Å². The molecule has 0 bridgehead atoms. The van der Waals surface area contributed by atoms with E-state index in [9.17, 15) is 8.42 Å². The second kappa shape index (κ2) is 5.19. The molecule has 0 amide bonds. The quantitative estimate of drug-likeness (QED) is 0.789. The van der Waals surface area contributed by atoms with Crippen molar-refractivity contribution in [2.24, 2.45) is 5.92 Å². The molecule has 1 fully saturated rings. The second-order valence-corrected chi connectivity index (χ2v) is 6.84. The van der Waals surface area contributed by atoms with E-state index in [1.165, 1.54) is 25.5 Å². The smallest absolute Gasteiger partial charge is 0.175 e. The van der Waals surface area contributed by atoms with Gasteiger partial charge < -0.3 is 5.32 Å². The summed E-state index contributed by atoms with van der Waals surface area (Å²) in [5, 5.41) is 3.38. The van der Waals surface area contributed by atoms with Gasteiger partial charge >= 0.3 is 0 Å². The molecule has 17 heavy (non-hydrogen) atoms. The van der Waals surface area contributed by atoms with Gasteiger partial charge in [-0.15, -0.1) is 0 Å². The van der Waals surface area contributed by atoms with Crippen LogP contribution in [0.1, 0.15) is 24.8 Å². The molecule has 94 valence electrons. The first-order valence-corrected chi connectivity index (χ1v) is 7.94. The van der Waals surface area contributed by atoms with Crippen LogP contribution in [0.2, 0.25) is 0 Å². The number of hydrogen-bond donors (Lipinski definition) is 1. The fourth-order valence-corrected chi connectivity index (χ4v) is 2.43. The van der Waals surface area contributed by atoms with E-state index < -0.39 is 9.84 Å². The topological polar surface area (TPSA) is 46.2 Å². The Labute approximate surface area is 103 Å². The van der Waals surface area contributed by atoms with Gasteiger partial charge in [0.1, 0.15) is 0 Å². The molecule has 0 radical (unpaired) electrons. The van der Waals surface area contributed by atoms with E-state index in [1.54, 1.807) is 12.1 Å². The lowest BCUT2D eigenvalue weighted by Crippen LogP contribution is -2.15. The van der Waals surface area contributed by atoms with Crippen molar-refractivity contribution in [1.82, 2.24) is 5.32 Å². The van der Waals surface area contributed by atoms with Gasteiger partial charge in [0.25, 0.3) is 0 Å². The van der Waals surface area contributed by atoms with E-state index in [2.05, 4.69) is 5.32 Å². The van der Waals surface area contributed by atoms with Crippen LogP contribution < -0.4 is 5.32 Å². The predicted molar refractivity (Wildman–Crippen MR) is 68.6 cm³/mol. The minimum absolute atomic E-state index is 0.388. The lowest BCUT2D eigenvalue weighted by molar-refractivity contribution is 0.601. The molecule has 0 aromatic heterocycles. The molecular weight excluding hydrogens is 234 g/mol. The molecule has 2 rings (SSSR count). The van der Waals surface area contributed by atoms with Crippen molar-refractivity contribution < 1.29 is 8.42 Å². The van der Waals surface area contributed by atoms with E-state index in [-0.39, 0.29) is 0 Å². The number of sulfone groups is 1. The van der Waals surface area contributed by atoms with Crippen LogP contribution >= 0.6 is 0 Å². The maximum atomic E-state index is 11.3. The zero-order chi connectivity index (χ0) is 12.3. The SMILES string of the molecule is CS(=O)(=O)c1ccc(CNCCC2CC2)cc1. The van der Waals surface area contributed by atoms with Crippen LogP contribution in [0.15, 0.2) is 29.2 Å². The Morgan fingerprint density at radius 1 is 1.24 bits per heavy atom. The first-order valence-electron chi connectivity index (χ1n) is 6.05. The number of nitrogens with one attached hydrogen (secondary N) is 1. The molecule has 0 heterocycles. The molecule has 0 atom stereocenters. The number of hydrogen-bond acceptors (Lipinski definition) is 3. The van der Waals surface area contributed by atoms with Gasteiger partial charge in [-0.25, -0.2) is 8.42 Å². The zero-order valence-electron chi connectivity index (χ0n) is 10.1. The Balaban J connectivity index is 1.80. The molecular formula is C13H19NO2S. The van der Waals surface area contributed by atoms with Gasteiger partial charge in [0.05, 0.1) is 4.90 Å². The van der Waals surface area contributed by atoms with Crippen molar-refractivity contribution in [2.75, 3.05) is 12.8 Å². The molecule has 1 N–H and O–H groups in total. The van der Waals surface area contributed by atoms with Gasteiger partial charge in [-0.05, 0) is 36.6 Å². The molecule has 3 nitrogen and oxygen atoms in total. The van der Waals surface area contributed by atoms with E-state index in [0.717, 1.165) is 24.6 Å². The third kappa shape index (κ3) is 4.13. The van der Waals surface area contributed by atoms with E-state index in [0.29, 0.717) is 4.90 Å². The monoisotopic (exact) mass is 253 g/mol. The Morgan fingerprint density at radius 2 is 1.88 bits per heavy atom. The third-order valence-electron chi connectivity index (χ3n) is 3.11. The fraction of sp³-hybridized carbons (Fsp3) is 0.538. The minimum Gasteiger partial charge on any atom is -0.313 e. The largest absolute Gasteiger partial charge is 0.313 e. The van der Waals surface area contributed by atoms with Crippen molar-refractivity contribution in [1.29, 1.82) is 0 Å². The number of benzene rings is 1. The highest BCUT2D eigenvalue weighted by atomic mass is 32.2. The van der Waals surface area contributed by atoms with Gasteiger partial charge in [-0.3, -0.25) is 0 Å². The average Bonchev–Trinajstić information content (AvgIpc) is 3.08. The molecule has 0 unspecified atom stereocenters. The molecule has 1 saturated carbocycles. The zero-order valence-corrected chi connectivity index (χ0v) is 11.0. The summed E-state index contributed by atoms with van der Waals surface area (Å²) in [6.07, 6.45) is 5.28. The lowest BCUT2D eigenvalue weighted by atomic mass is 10.2. The second-order valence-electron chi connectivity index (χ2n) is 4.82. The van der Waals surface area contributed by atoms with Gasteiger partial charge in [0.2, 0.25) is 0 Å². The van der Waals surface area contributed by atoms with Gasteiger partial charge in [0, 0.05) is 12.8 Å². The molecule has 1 aromatic rings. The lowest BCUT2D eigenvalue weighted by Gasteiger charge is -2.05. The van der Waals surface area contributed by atoms with Crippen molar-refractivity contribution in [3.8, 4) is 0 Å². The summed E-state index contributed by atoms with van der Waals surface area (Å²) in [4.78, 5) is 0.388. The maximum absolute atomic E-state index is 11.3. The summed E-state index contributed by atoms with van der Waals surface area (Å²) in [5.41, 5.74) is 1.13. The highest BCUT2D eigenvalue weighted by Crippen LogP contribution is 2.31. The average molecular weight is 253 g/mol. The van der Waals surface area contributed by atoms with Crippen LogP contribution in [0.4, 0.5) is 0 Å². The highest BCUT2D eigenvalue weighted by molar-refractivity contribution is 7.90. The Kier molecular flexibility index (Phi) is 3.84. The highest BCUT2D eigenvalue weighted by Gasteiger charge is 2.19. The molecule has 0 aliphatic heterocycles. The van der Waals surface area contributed by atoms with Crippen LogP contribution in [0.3, 0.4) is 0 Å². The fourth-order valence-electron chi connectivity index (χ4n) is 1.80. The normalized spacial score (nSPS) is 16.1. The molecule has 1 aromatic carbocycles. The van der Waals surface area contributed by atoms with Crippen LogP contribution in [-0.4, -0.2) is 21.2 Å². The van der Waals surface area contributed by atoms with E-state index >= 15 is 0 Å². The maximum Gasteiger partial charge on any atom is 0.175 e. The van der Waals surface area contributed by atoms with Crippen LogP contribution in [-0.2, 0) is 16.4 Å². The summed E-state index contributed by atoms with van der Waals surface area (Å²) < 4.78 is 22.5. The number of rotatable bonds is 6. The van der Waals surface area contributed by atoms with Crippen LogP contribution in [0, 0.1) is 5.92 Å². The molecule has 1 aliphatic carbocycles. The summed E-state index contributed by atoms with van der Waals surface area (Å²) in [7, 11) is -3.07. The summed E-state index contributed by atoms with van der Waals surface area (Å²) in [6.45, 7) is 1.87. The van der Waals surface area contributed by atoms with E-state index in [4.69, 9.17) is 0 Å². The van der Waals surface area contributed by atoms with Crippen LogP contribution in [0.5, 0.6) is 0 Å². The summed E-state index contributed by atoms with van der Waals surface area (Å²) in [5.74, 6) is 0.954. The molecule has 0 saturated heterocycles. The summed E-state index contributed by atoms with van der Waals surface area (Å²) in [6, 6.07) is 7.10. The Morgan fingerprint density at radius 3 is 2.41 bits per heavy atom. The molecule has 0 spiro atoms. The predicted octanol–water partition coefficient (Wildman–Crippen LogP) is 1.98. The standard InChI is InChI=1S/C13H19NO2S/c1-17(15,16)13-6-4-12(5-7-13)10-14-9-8-11-2-3-11/h4-7,11,14H,2-3,8-10H2,1H3. The van der Waals surface area contributed by atoms with Gasteiger partial charge in [-0.2, -0.15) is 0 Å². The minimum atomic E-state index is -3.07.